The molecule has 0 saturated heterocycles. The average Bonchev–Trinajstić information content (AvgIpc) is 3.28. The molecule has 0 N–H and O–H groups in total. The Bertz CT molecular complexity index is 1430. The molecule has 0 amide bonds. The van der Waals surface area contributed by atoms with Gasteiger partial charge in [-0.3, -0.25) is 23.7 Å². The molecule has 1 atom stereocenters. The minimum atomic E-state index is -1.84. The fourth-order valence-electron chi connectivity index (χ4n) is 3.31. The highest BCUT2D eigenvalue weighted by molar-refractivity contribution is 5.84. The third-order valence-corrected chi connectivity index (χ3v) is 4.92. The van der Waals surface area contributed by atoms with Gasteiger partial charge in [-0.05, 0) is 44.0 Å². The van der Waals surface area contributed by atoms with Gasteiger partial charge in [0, 0.05) is 20.8 Å². The van der Waals surface area contributed by atoms with Crippen LogP contribution >= 0.6 is 0 Å². The van der Waals surface area contributed by atoms with E-state index in [0.717, 1.165) is 36.5 Å². The molecule has 2 aromatic heterocycles. The van der Waals surface area contributed by atoms with Gasteiger partial charge in [0.15, 0.2) is 5.69 Å². The number of esters is 4. The van der Waals surface area contributed by atoms with E-state index in [9.17, 15) is 24.0 Å². The fraction of sp³-hybridized carbons (Fsp3) is 0.391. The SMILES string of the molecule is CCOC(=O)c1nnc(-c2nc3cc(C)c(C)cc3n([C@H](OC(C)=O)C(OC(C)=O)OC(C)=O)c2=O)o1. The van der Waals surface area contributed by atoms with Crippen molar-refractivity contribution in [3.8, 4) is 11.6 Å². The van der Waals surface area contributed by atoms with E-state index in [1.165, 1.54) is 0 Å². The lowest BCUT2D eigenvalue weighted by Gasteiger charge is -2.28. The number of nitrogens with zero attached hydrogens (tertiary/aromatic N) is 4. The van der Waals surface area contributed by atoms with E-state index in [2.05, 4.69) is 15.2 Å². The maximum absolute atomic E-state index is 13.8. The number of carbonyl (C=O) groups excluding carboxylic acids is 4. The quantitative estimate of drug-likeness (QED) is 0.240. The largest absolute Gasteiger partial charge is 0.459 e. The molecule has 37 heavy (non-hydrogen) atoms. The number of benzene rings is 1. The van der Waals surface area contributed by atoms with Crippen LogP contribution in [0.4, 0.5) is 0 Å². The zero-order chi connectivity index (χ0) is 27.4. The first-order valence-corrected chi connectivity index (χ1v) is 11.0. The predicted molar refractivity (Wildman–Crippen MR) is 123 cm³/mol. The minimum Gasteiger partial charge on any atom is -0.459 e. The zero-order valence-electron chi connectivity index (χ0n) is 20.9. The van der Waals surface area contributed by atoms with Crippen LogP contribution in [-0.4, -0.2) is 56.5 Å². The summed E-state index contributed by atoms with van der Waals surface area (Å²) < 4.78 is 26.6. The van der Waals surface area contributed by atoms with Crippen LogP contribution in [0.1, 0.15) is 55.7 Å². The van der Waals surface area contributed by atoms with Gasteiger partial charge in [0.05, 0.1) is 17.6 Å². The Morgan fingerprint density at radius 1 is 0.946 bits per heavy atom. The predicted octanol–water partition coefficient (Wildman–Crippen LogP) is 1.75. The van der Waals surface area contributed by atoms with Crippen molar-refractivity contribution in [1.29, 1.82) is 0 Å². The number of aryl methyl sites for hydroxylation is 2. The second kappa shape index (κ2) is 11.0. The van der Waals surface area contributed by atoms with Crippen molar-refractivity contribution in [3.63, 3.8) is 0 Å². The number of carbonyl (C=O) groups is 4. The van der Waals surface area contributed by atoms with Gasteiger partial charge < -0.3 is 23.4 Å². The monoisotopic (exact) mass is 516 g/mol. The highest BCUT2D eigenvalue weighted by Crippen LogP contribution is 2.27. The van der Waals surface area contributed by atoms with Gasteiger partial charge in [-0.25, -0.2) is 9.78 Å². The Morgan fingerprint density at radius 2 is 1.54 bits per heavy atom. The molecule has 0 spiro atoms. The molecule has 14 nitrogen and oxygen atoms in total. The molecule has 0 unspecified atom stereocenters. The zero-order valence-corrected chi connectivity index (χ0v) is 20.9. The topological polar surface area (TPSA) is 179 Å². The second-order valence-corrected chi connectivity index (χ2v) is 7.78. The summed E-state index contributed by atoms with van der Waals surface area (Å²) in [5.74, 6) is -4.48. The van der Waals surface area contributed by atoms with Gasteiger partial charge in [-0.15, -0.1) is 10.2 Å². The van der Waals surface area contributed by atoms with Gasteiger partial charge in [-0.2, -0.15) is 0 Å². The van der Waals surface area contributed by atoms with E-state index in [1.807, 2.05) is 0 Å². The molecule has 0 fully saturated rings. The second-order valence-electron chi connectivity index (χ2n) is 7.78. The van der Waals surface area contributed by atoms with E-state index >= 15 is 0 Å². The molecule has 0 aliphatic heterocycles. The lowest BCUT2D eigenvalue weighted by atomic mass is 10.1. The van der Waals surface area contributed by atoms with Gasteiger partial charge in [0.25, 0.3) is 17.7 Å². The van der Waals surface area contributed by atoms with Crippen molar-refractivity contribution in [1.82, 2.24) is 19.7 Å². The number of aromatic nitrogens is 4. The maximum atomic E-state index is 13.8. The van der Waals surface area contributed by atoms with Crippen LogP contribution in [0, 0.1) is 13.8 Å². The van der Waals surface area contributed by atoms with Gasteiger partial charge in [0.2, 0.25) is 0 Å². The van der Waals surface area contributed by atoms with Crippen LogP contribution in [0.15, 0.2) is 21.3 Å². The molecule has 0 bridgehead atoms. The Hall–Kier alpha value is -4.62. The summed E-state index contributed by atoms with van der Waals surface area (Å²) in [5, 5.41) is 7.33. The number of rotatable bonds is 8. The maximum Gasteiger partial charge on any atom is 0.396 e. The summed E-state index contributed by atoms with van der Waals surface area (Å²) >= 11 is 0. The number of hydrogen-bond donors (Lipinski definition) is 0. The Morgan fingerprint density at radius 3 is 2.11 bits per heavy atom. The summed E-state index contributed by atoms with van der Waals surface area (Å²) in [6.07, 6.45) is -3.61. The van der Waals surface area contributed by atoms with E-state index < -0.39 is 59.4 Å². The lowest BCUT2D eigenvalue weighted by Crippen LogP contribution is -2.40. The van der Waals surface area contributed by atoms with E-state index in [0.29, 0.717) is 0 Å². The summed E-state index contributed by atoms with van der Waals surface area (Å²) in [7, 11) is 0. The molecule has 3 aromatic rings. The van der Waals surface area contributed by atoms with Crippen molar-refractivity contribution >= 4 is 34.9 Å². The van der Waals surface area contributed by atoms with Gasteiger partial charge >= 0.3 is 36.1 Å². The Labute approximate surface area is 209 Å². The summed E-state index contributed by atoms with van der Waals surface area (Å²) in [6.45, 7) is 8.36. The first kappa shape index (κ1) is 27.0. The molecule has 0 saturated carbocycles. The van der Waals surface area contributed by atoms with Crippen molar-refractivity contribution in [2.75, 3.05) is 6.61 Å². The molecular weight excluding hydrogens is 492 g/mol. The standard InChI is InChI=1S/C23H24N4O10/c1-7-33-22(32)19-26-25-18(37-19)17-20(31)27(16-9-11(3)10(2)8-15(16)24-17)21(34-12(4)28)23(35-13(5)29)36-14(6)30/h8-9,21,23H,7H2,1-6H3/t21-/m1/s1. The smallest absolute Gasteiger partial charge is 0.396 e. The number of ether oxygens (including phenoxy) is 4. The third kappa shape index (κ3) is 5.97. The molecule has 3 rings (SSSR count). The molecule has 0 aliphatic carbocycles. The highest BCUT2D eigenvalue weighted by Gasteiger charge is 2.35. The van der Waals surface area contributed by atoms with Crippen molar-refractivity contribution in [2.24, 2.45) is 0 Å². The summed E-state index contributed by atoms with van der Waals surface area (Å²) in [6, 6.07) is 3.24. The number of fused-ring (bicyclic) bond motifs is 1. The van der Waals surface area contributed by atoms with Crippen molar-refractivity contribution in [3.05, 3.63) is 39.5 Å². The Kier molecular flexibility index (Phi) is 8.00. The first-order valence-electron chi connectivity index (χ1n) is 11.0. The Balaban J connectivity index is 2.35. The van der Waals surface area contributed by atoms with Crippen molar-refractivity contribution in [2.45, 2.75) is 54.1 Å². The fourth-order valence-corrected chi connectivity index (χ4v) is 3.31. The molecular formula is C23H24N4O10. The van der Waals surface area contributed by atoms with E-state index in [-0.39, 0.29) is 17.6 Å². The van der Waals surface area contributed by atoms with Crippen LogP contribution in [0.3, 0.4) is 0 Å². The lowest BCUT2D eigenvalue weighted by molar-refractivity contribution is -0.224. The molecule has 1 aromatic carbocycles. The highest BCUT2D eigenvalue weighted by atomic mass is 16.7. The molecule has 0 radical (unpaired) electrons. The van der Waals surface area contributed by atoms with E-state index in [4.69, 9.17) is 23.4 Å². The molecule has 196 valence electrons. The average molecular weight is 516 g/mol. The first-order chi connectivity index (χ1) is 17.4. The van der Waals surface area contributed by atoms with E-state index in [1.54, 1.807) is 32.9 Å². The summed E-state index contributed by atoms with van der Waals surface area (Å²) in [4.78, 5) is 65.7. The molecule has 14 heteroatoms. The van der Waals surface area contributed by atoms with Crippen LogP contribution < -0.4 is 5.56 Å². The number of hydrogen-bond acceptors (Lipinski definition) is 13. The van der Waals surface area contributed by atoms with Gasteiger partial charge in [0.1, 0.15) is 0 Å². The normalized spacial score (nSPS) is 11.8. The van der Waals surface area contributed by atoms with Crippen LogP contribution in [0.5, 0.6) is 0 Å². The minimum absolute atomic E-state index is 0.0496. The third-order valence-electron chi connectivity index (χ3n) is 4.92. The van der Waals surface area contributed by atoms with Gasteiger partial charge in [-0.1, -0.05) is 0 Å². The molecule has 0 aliphatic rings. The van der Waals surface area contributed by atoms with Crippen LogP contribution in [0.2, 0.25) is 0 Å². The van der Waals surface area contributed by atoms with Crippen LogP contribution in [-0.2, 0) is 33.3 Å². The van der Waals surface area contributed by atoms with Crippen LogP contribution in [0.25, 0.3) is 22.6 Å². The summed E-state index contributed by atoms with van der Waals surface area (Å²) in [5.41, 5.74) is 0.559. The molecule has 2 heterocycles. The van der Waals surface area contributed by atoms with Crippen molar-refractivity contribution < 1.29 is 42.5 Å².